The fraction of sp³-hybridized carbons (Fsp3) is 0.571. The Morgan fingerprint density at radius 1 is 1.80 bits per heavy atom. The van der Waals surface area contributed by atoms with Crippen molar-refractivity contribution in [2.75, 3.05) is 6.54 Å². The first kappa shape index (κ1) is 7.12. The van der Waals surface area contributed by atoms with Crippen LogP contribution in [0.4, 0.5) is 0 Å². The Morgan fingerprint density at radius 2 is 2.60 bits per heavy atom. The molecule has 0 aromatic heterocycles. The van der Waals surface area contributed by atoms with Gasteiger partial charge in [0.15, 0.2) is 0 Å². The van der Waals surface area contributed by atoms with E-state index in [0.29, 0.717) is 6.54 Å². The van der Waals surface area contributed by atoms with E-state index in [-0.39, 0.29) is 6.10 Å². The van der Waals surface area contributed by atoms with Gasteiger partial charge >= 0.3 is 0 Å². The summed E-state index contributed by atoms with van der Waals surface area (Å²) >= 11 is 0. The Kier molecular flexibility index (Phi) is 2.31. The van der Waals surface area contributed by atoms with Crippen LogP contribution in [0.5, 0.6) is 0 Å². The summed E-state index contributed by atoms with van der Waals surface area (Å²) in [5, 5.41) is 2.88. The molecule has 0 aromatic rings. The highest BCUT2D eigenvalue weighted by atomic mass is 16.5. The number of hydrogen-bond donors (Lipinski definition) is 1. The molecule has 1 radical (unpaired) electrons. The minimum absolute atomic E-state index is 0.201. The molecule has 1 heterocycles. The molecule has 3 heteroatoms. The molecule has 1 N–H and O–H groups in total. The van der Waals surface area contributed by atoms with E-state index in [4.69, 9.17) is 4.74 Å². The lowest BCUT2D eigenvalue weighted by atomic mass is 10.4. The monoisotopic (exact) mass is 139 g/mol. The second-order valence-electron chi connectivity index (χ2n) is 2.32. The van der Waals surface area contributed by atoms with Crippen LogP contribution >= 0.6 is 0 Å². The molecule has 0 spiro atoms. The van der Waals surface area contributed by atoms with E-state index < -0.39 is 0 Å². The van der Waals surface area contributed by atoms with Crippen molar-refractivity contribution < 1.29 is 4.74 Å². The predicted octanol–water partition coefficient (Wildman–Crippen LogP) is 0.687. The molecule has 1 aliphatic rings. The quantitative estimate of drug-likeness (QED) is 0.579. The molecule has 0 fully saturated rings. The van der Waals surface area contributed by atoms with Gasteiger partial charge in [-0.1, -0.05) is 0 Å². The van der Waals surface area contributed by atoms with Gasteiger partial charge in [0.25, 0.3) is 0 Å². The first-order chi connectivity index (χ1) is 4.79. The van der Waals surface area contributed by atoms with Crippen molar-refractivity contribution in [3.05, 3.63) is 12.4 Å². The van der Waals surface area contributed by atoms with Gasteiger partial charge in [0.05, 0.1) is 25.0 Å². The van der Waals surface area contributed by atoms with Crippen LogP contribution in [-0.4, -0.2) is 18.5 Å². The minimum atomic E-state index is 0.201. The maximum absolute atomic E-state index is 5.31. The summed E-state index contributed by atoms with van der Waals surface area (Å²) < 4.78 is 5.31. The third kappa shape index (κ3) is 2.09. The van der Waals surface area contributed by atoms with Gasteiger partial charge in [0.1, 0.15) is 0 Å². The van der Waals surface area contributed by atoms with E-state index in [0.717, 1.165) is 5.90 Å². The van der Waals surface area contributed by atoms with Crippen LogP contribution in [0.25, 0.3) is 0 Å². The first-order valence-corrected chi connectivity index (χ1v) is 3.32. The standard InChI is InChI=1S/C7H11N2O/c1-6(2)10-7-5-8-3-4-9-7/h4,6,8H,5H2,1-2H3. The highest BCUT2D eigenvalue weighted by molar-refractivity contribution is 5.79. The third-order valence-electron chi connectivity index (χ3n) is 0.987. The van der Waals surface area contributed by atoms with Crippen LogP contribution in [0, 0.1) is 6.20 Å². The molecule has 0 aromatic carbocycles. The van der Waals surface area contributed by atoms with Crippen LogP contribution in [0.3, 0.4) is 0 Å². The molecule has 1 aliphatic heterocycles. The third-order valence-corrected chi connectivity index (χ3v) is 0.987. The fourth-order valence-electron chi connectivity index (χ4n) is 0.666. The SMILES string of the molecule is CC(C)OC1=NC=[C]NC1. The lowest BCUT2D eigenvalue weighted by molar-refractivity contribution is 0.222. The van der Waals surface area contributed by atoms with Gasteiger partial charge in [-0.15, -0.1) is 0 Å². The second-order valence-corrected chi connectivity index (χ2v) is 2.32. The summed E-state index contributed by atoms with van der Waals surface area (Å²) in [5.74, 6) is 0.730. The van der Waals surface area contributed by atoms with Crippen molar-refractivity contribution in [3.8, 4) is 0 Å². The molecule has 1 rings (SSSR count). The number of aliphatic imine (C=N–C) groups is 1. The summed E-state index contributed by atoms with van der Waals surface area (Å²) in [5.41, 5.74) is 0. The van der Waals surface area contributed by atoms with Crippen LogP contribution in [-0.2, 0) is 4.74 Å². The molecule has 3 nitrogen and oxygen atoms in total. The fourth-order valence-corrected chi connectivity index (χ4v) is 0.666. The molecule has 0 atom stereocenters. The Hall–Kier alpha value is -0.990. The van der Waals surface area contributed by atoms with Gasteiger partial charge in [-0.3, -0.25) is 0 Å². The van der Waals surface area contributed by atoms with Crippen molar-refractivity contribution in [3.63, 3.8) is 0 Å². The van der Waals surface area contributed by atoms with Crippen LogP contribution in [0.2, 0.25) is 0 Å². The molecular weight excluding hydrogens is 128 g/mol. The lowest BCUT2D eigenvalue weighted by Gasteiger charge is -2.13. The van der Waals surface area contributed by atoms with Crippen LogP contribution in [0.15, 0.2) is 11.2 Å². The van der Waals surface area contributed by atoms with E-state index in [1.165, 1.54) is 0 Å². The van der Waals surface area contributed by atoms with Gasteiger partial charge in [-0.05, 0) is 13.8 Å². The summed E-state index contributed by atoms with van der Waals surface area (Å²) in [6, 6.07) is 0. The maximum Gasteiger partial charge on any atom is 0.208 e. The molecule has 10 heavy (non-hydrogen) atoms. The molecule has 0 amide bonds. The molecule has 55 valence electrons. The number of nitrogens with one attached hydrogen (secondary N) is 1. The van der Waals surface area contributed by atoms with Crippen molar-refractivity contribution in [2.24, 2.45) is 4.99 Å². The van der Waals surface area contributed by atoms with Gasteiger partial charge in [0, 0.05) is 0 Å². The summed E-state index contributed by atoms with van der Waals surface area (Å²) in [6.07, 6.45) is 4.52. The summed E-state index contributed by atoms with van der Waals surface area (Å²) in [6.45, 7) is 4.60. The van der Waals surface area contributed by atoms with Crippen molar-refractivity contribution in [1.82, 2.24) is 5.32 Å². The van der Waals surface area contributed by atoms with E-state index >= 15 is 0 Å². The van der Waals surface area contributed by atoms with Gasteiger partial charge in [-0.2, -0.15) is 0 Å². The smallest absolute Gasteiger partial charge is 0.208 e. The topological polar surface area (TPSA) is 33.6 Å². The van der Waals surface area contributed by atoms with Crippen molar-refractivity contribution in [2.45, 2.75) is 20.0 Å². The number of nitrogens with zero attached hydrogens (tertiary/aromatic N) is 1. The summed E-state index contributed by atoms with van der Waals surface area (Å²) in [7, 11) is 0. The molecule has 0 saturated heterocycles. The van der Waals surface area contributed by atoms with Crippen LogP contribution in [0.1, 0.15) is 13.8 Å². The maximum atomic E-state index is 5.31. The Morgan fingerprint density at radius 3 is 3.10 bits per heavy atom. The highest BCUT2D eigenvalue weighted by Gasteiger charge is 2.02. The van der Waals surface area contributed by atoms with E-state index in [1.54, 1.807) is 6.20 Å². The molecule has 0 bridgehead atoms. The number of rotatable bonds is 1. The number of hydrogen-bond acceptors (Lipinski definition) is 3. The Balaban J connectivity index is 2.39. The van der Waals surface area contributed by atoms with Gasteiger partial charge in [0.2, 0.25) is 5.90 Å². The summed E-state index contributed by atoms with van der Waals surface area (Å²) in [4.78, 5) is 3.97. The Labute approximate surface area is 60.8 Å². The second kappa shape index (κ2) is 3.25. The van der Waals surface area contributed by atoms with Gasteiger partial charge < -0.3 is 10.1 Å². The van der Waals surface area contributed by atoms with Crippen LogP contribution < -0.4 is 5.32 Å². The average molecular weight is 139 g/mol. The molecular formula is C7H11N2O. The predicted molar refractivity (Wildman–Crippen MR) is 39.5 cm³/mol. The van der Waals surface area contributed by atoms with Gasteiger partial charge in [-0.25, -0.2) is 4.99 Å². The minimum Gasteiger partial charge on any atom is -0.477 e. The Bertz CT molecular complexity index is 161. The average Bonchev–Trinajstić information content (AvgIpc) is 1.88. The molecule has 0 saturated carbocycles. The largest absolute Gasteiger partial charge is 0.477 e. The van der Waals surface area contributed by atoms with Crippen molar-refractivity contribution in [1.29, 1.82) is 0 Å². The number of ether oxygens (including phenoxy) is 1. The normalized spacial score (nSPS) is 16.5. The highest BCUT2D eigenvalue weighted by Crippen LogP contribution is 1.93. The van der Waals surface area contributed by atoms with E-state index in [1.807, 2.05) is 13.8 Å². The molecule has 0 aliphatic carbocycles. The zero-order valence-electron chi connectivity index (χ0n) is 6.22. The van der Waals surface area contributed by atoms with E-state index in [2.05, 4.69) is 16.5 Å². The first-order valence-electron chi connectivity index (χ1n) is 3.32. The van der Waals surface area contributed by atoms with Crippen molar-refractivity contribution >= 4 is 5.90 Å². The zero-order valence-corrected chi connectivity index (χ0v) is 6.22. The lowest BCUT2D eigenvalue weighted by Crippen LogP contribution is -2.25. The molecule has 0 unspecified atom stereocenters. The van der Waals surface area contributed by atoms with E-state index in [9.17, 15) is 0 Å². The zero-order chi connectivity index (χ0) is 7.40.